The maximum Gasteiger partial charge on any atom is 0.234 e. The fourth-order valence-electron chi connectivity index (χ4n) is 6.72. The van der Waals surface area contributed by atoms with Crippen molar-refractivity contribution < 1.29 is 29.6 Å². The molecule has 0 aromatic heterocycles. The van der Waals surface area contributed by atoms with Gasteiger partial charge in [0.1, 0.15) is 24.4 Å². The first-order chi connectivity index (χ1) is 22.9. The van der Waals surface area contributed by atoms with Crippen LogP contribution in [0.5, 0.6) is 0 Å². The number of nitrogens with two attached hydrogens (primary N) is 1. The third kappa shape index (κ3) is 20.1. The number of nitrogens with one attached hydrogen (secondary N) is 1. The molecule has 1 saturated heterocycles. The number of nitrogens with zero attached hydrogens (tertiary/aromatic N) is 1. The Morgan fingerprint density at radius 1 is 0.638 bits per heavy atom. The second-order valence-electron chi connectivity index (χ2n) is 14.0. The molecular formula is C38H75N3O6. The summed E-state index contributed by atoms with van der Waals surface area (Å²) in [6.07, 6.45) is 26.0. The molecule has 9 heteroatoms. The highest BCUT2D eigenvalue weighted by atomic mass is 16.5. The van der Waals surface area contributed by atoms with Gasteiger partial charge in [-0.15, -0.1) is 0 Å². The lowest BCUT2D eigenvalue weighted by Crippen LogP contribution is -2.69. The van der Waals surface area contributed by atoms with E-state index in [0.29, 0.717) is 13.0 Å². The molecule has 1 aliphatic heterocycles. The van der Waals surface area contributed by atoms with E-state index in [2.05, 4.69) is 19.2 Å². The first-order valence-corrected chi connectivity index (χ1v) is 19.8. The van der Waals surface area contributed by atoms with Crippen LogP contribution >= 0.6 is 0 Å². The van der Waals surface area contributed by atoms with E-state index in [1.165, 1.54) is 122 Å². The van der Waals surface area contributed by atoms with Crippen LogP contribution in [0.25, 0.3) is 0 Å². The van der Waals surface area contributed by atoms with Crippen LogP contribution in [0.15, 0.2) is 0 Å². The van der Waals surface area contributed by atoms with Crippen molar-refractivity contribution in [2.24, 2.45) is 5.73 Å². The van der Waals surface area contributed by atoms with E-state index < -0.39 is 43.1 Å². The number of carbonyl (C=O) groups excluding carboxylic acids is 2. The average molecular weight is 670 g/mol. The maximum atomic E-state index is 13.7. The number of unbranched alkanes of at least 4 members (excludes halogenated alkanes) is 23. The summed E-state index contributed by atoms with van der Waals surface area (Å²) in [5, 5.41) is 33.9. The Labute approximate surface area is 288 Å². The number of ether oxygens (including phenoxy) is 1. The van der Waals surface area contributed by atoms with Crippen molar-refractivity contribution in [2.45, 2.75) is 211 Å². The third-order valence-corrected chi connectivity index (χ3v) is 9.79. The van der Waals surface area contributed by atoms with Crippen LogP contribution in [0.2, 0.25) is 0 Å². The van der Waals surface area contributed by atoms with Gasteiger partial charge in [0, 0.05) is 13.0 Å². The van der Waals surface area contributed by atoms with Gasteiger partial charge in [-0.25, -0.2) is 0 Å². The molecule has 6 N–H and O–H groups in total. The third-order valence-electron chi connectivity index (χ3n) is 9.79. The Kier molecular flexibility index (Phi) is 27.6. The van der Waals surface area contributed by atoms with Gasteiger partial charge in [-0.3, -0.25) is 9.59 Å². The molecule has 2 amide bonds. The molecule has 0 aromatic rings. The Bertz CT molecular complexity index is 757. The zero-order chi connectivity index (χ0) is 34.5. The van der Waals surface area contributed by atoms with Gasteiger partial charge < -0.3 is 36.0 Å². The first-order valence-electron chi connectivity index (χ1n) is 19.8. The second-order valence-corrected chi connectivity index (χ2v) is 14.0. The van der Waals surface area contributed by atoms with Gasteiger partial charge in [0.05, 0.1) is 13.2 Å². The molecule has 0 bridgehead atoms. The van der Waals surface area contributed by atoms with Gasteiger partial charge in [-0.2, -0.15) is 0 Å². The molecule has 0 aliphatic carbocycles. The molecule has 1 fully saturated rings. The largest absolute Gasteiger partial charge is 0.394 e. The molecule has 9 nitrogen and oxygen atoms in total. The van der Waals surface area contributed by atoms with Gasteiger partial charge in [0.2, 0.25) is 11.8 Å². The maximum absolute atomic E-state index is 13.7. The number of hydrogen-bond acceptors (Lipinski definition) is 7. The number of carbonyl (C=O) groups is 2. The van der Waals surface area contributed by atoms with Crippen LogP contribution in [-0.2, 0) is 14.3 Å². The Morgan fingerprint density at radius 3 is 1.45 bits per heavy atom. The van der Waals surface area contributed by atoms with Gasteiger partial charge >= 0.3 is 0 Å². The summed E-state index contributed by atoms with van der Waals surface area (Å²) in [5.41, 5.74) is 5.53. The fraction of sp³-hybridized carbons (Fsp3) is 0.947. The quantitative estimate of drug-likeness (QED) is 0.0506. The number of aliphatic hydroxyl groups excluding tert-OH is 3. The van der Waals surface area contributed by atoms with Crippen molar-refractivity contribution in [3.05, 3.63) is 0 Å². The lowest BCUT2D eigenvalue weighted by molar-refractivity contribution is -0.231. The fourth-order valence-corrected chi connectivity index (χ4v) is 6.72. The topological polar surface area (TPSA) is 145 Å². The smallest absolute Gasteiger partial charge is 0.234 e. The van der Waals surface area contributed by atoms with Crippen molar-refractivity contribution in [1.82, 2.24) is 10.2 Å². The number of rotatable bonds is 31. The van der Waals surface area contributed by atoms with Crippen molar-refractivity contribution >= 4 is 11.8 Å². The first kappa shape index (κ1) is 43.8. The molecule has 0 radical (unpaired) electrons. The predicted octanol–water partition coefficient (Wildman–Crippen LogP) is 6.88. The van der Waals surface area contributed by atoms with Crippen LogP contribution in [0.1, 0.15) is 181 Å². The van der Waals surface area contributed by atoms with Gasteiger partial charge in [0.15, 0.2) is 6.23 Å². The van der Waals surface area contributed by atoms with E-state index in [1.54, 1.807) is 4.90 Å². The minimum atomic E-state index is -1.41. The molecule has 0 saturated carbocycles. The molecule has 1 aliphatic rings. The van der Waals surface area contributed by atoms with E-state index in [1.807, 2.05) is 0 Å². The zero-order valence-corrected chi connectivity index (χ0v) is 30.5. The Balaban J connectivity index is 2.56. The minimum Gasteiger partial charge on any atom is -0.394 e. The van der Waals surface area contributed by atoms with Crippen LogP contribution in [0.3, 0.4) is 0 Å². The SMILES string of the molecule is CCCCCCCCCCCCCCCCCC(=O)N(CCCCCCCCCCCC)[C@@H]1O[C@H](CO)[C@@H](O)[C@H](O)[C@H]1NC(=O)CN. The van der Waals surface area contributed by atoms with E-state index in [0.717, 1.165) is 38.5 Å². The second kappa shape index (κ2) is 29.6. The minimum absolute atomic E-state index is 0.0899. The summed E-state index contributed by atoms with van der Waals surface area (Å²) in [7, 11) is 0. The highest BCUT2D eigenvalue weighted by Crippen LogP contribution is 2.26. The standard InChI is InChI=1S/C38H75N3O6/c1-3-5-7-9-11-13-15-16-17-18-19-20-22-24-26-28-34(44)41(29-27-25-23-21-14-12-10-8-6-4-2)38-35(40-33(43)30-39)37(46)36(45)32(31-42)47-38/h32,35-38,42,45-46H,3-31,39H2,1-2H3,(H,40,43)/t32-,35-,36-,37-,38-/m1/s1. The molecule has 5 atom stereocenters. The van der Waals surface area contributed by atoms with Crippen molar-refractivity contribution in [3.63, 3.8) is 0 Å². The molecule has 1 rings (SSSR count). The Hall–Kier alpha value is -1.26. The highest BCUT2D eigenvalue weighted by Gasteiger charge is 2.48. The van der Waals surface area contributed by atoms with Crippen LogP contribution < -0.4 is 11.1 Å². The van der Waals surface area contributed by atoms with E-state index in [-0.39, 0.29) is 12.5 Å². The van der Waals surface area contributed by atoms with Crippen LogP contribution in [0.4, 0.5) is 0 Å². The van der Waals surface area contributed by atoms with Gasteiger partial charge in [-0.05, 0) is 12.8 Å². The molecule has 278 valence electrons. The van der Waals surface area contributed by atoms with Crippen molar-refractivity contribution in [3.8, 4) is 0 Å². The molecule has 0 aromatic carbocycles. The average Bonchev–Trinajstić information content (AvgIpc) is 3.07. The molecule has 1 heterocycles. The predicted molar refractivity (Wildman–Crippen MR) is 192 cm³/mol. The van der Waals surface area contributed by atoms with Crippen LogP contribution in [-0.4, -0.2) is 82.3 Å². The van der Waals surface area contributed by atoms with Gasteiger partial charge in [-0.1, -0.05) is 162 Å². The molecular weight excluding hydrogens is 594 g/mol. The summed E-state index contributed by atoms with van der Waals surface area (Å²) in [4.78, 5) is 27.5. The number of aliphatic hydroxyl groups is 3. The summed E-state index contributed by atoms with van der Waals surface area (Å²) < 4.78 is 6.02. The number of amides is 2. The highest BCUT2D eigenvalue weighted by molar-refractivity contribution is 5.79. The monoisotopic (exact) mass is 670 g/mol. The molecule has 0 unspecified atom stereocenters. The van der Waals surface area contributed by atoms with Crippen molar-refractivity contribution in [1.29, 1.82) is 0 Å². The lowest BCUT2D eigenvalue weighted by atomic mass is 9.94. The summed E-state index contributed by atoms with van der Waals surface area (Å²) in [6.45, 7) is 4.12. The van der Waals surface area contributed by atoms with E-state index >= 15 is 0 Å². The summed E-state index contributed by atoms with van der Waals surface area (Å²) in [6, 6.07) is -1.04. The summed E-state index contributed by atoms with van der Waals surface area (Å²) >= 11 is 0. The molecule has 47 heavy (non-hydrogen) atoms. The normalized spacial score (nSPS) is 21.2. The van der Waals surface area contributed by atoms with E-state index in [4.69, 9.17) is 10.5 Å². The summed E-state index contributed by atoms with van der Waals surface area (Å²) in [5.74, 6) is -0.598. The number of hydrogen-bond donors (Lipinski definition) is 5. The Morgan fingerprint density at radius 2 is 1.04 bits per heavy atom. The molecule has 0 spiro atoms. The van der Waals surface area contributed by atoms with Crippen molar-refractivity contribution in [2.75, 3.05) is 19.7 Å². The van der Waals surface area contributed by atoms with Crippen LogP contribution in [0, 0.1) is 0 Å². The zero-order valence-electron chi connectivity index (χ0n) is 30.5. The van der Waals surface area contributed by atoms with Gasteiger partial charge in [0.25, 0.3) is 0 Å². The van der Waals surface area contributed by atoms with E-state index in [9.17, 15) is 24.9 Å². The lowest BCUT2D eigenvalue weighted by Gasteiger charge is -2.46.